The predicted octanol–water partition coefficient (Wildman–Crippen LogP) is 3.76. The van der Waals surface area contributed by atoms with Crippen molar-refractivity contribution < 1.29 is 9.53 Å². The summed E-state index contributed by atoms with van der Waals surface area (Å²) in [5, 5.41) is 4.84. The minimum Gasteiger partial charge on any atom is -0.445 e. The number of aromatic nitrogens is 4. The van der Waals surface area contributed by atoms with Gasteiger partial charge in [0.15, 0.2) is 0 Å². The monoisotopic (exact) mass is 513 g/mol. The molecule has 1 saturated heterocycles. The molecule has 198 valence electrons. The third-order valence-electron chi connectivity index (χ3n) is 8.31. The second kappa shape index (κ2) is 9.60. The van der Waals surface area contributed by atoms with Crippen molar-refractivity contribution in [1.82, 2.24) is 24.6 Å². The van der Waals surface area contributed by atoms with Gasteiger partial charge < -0.3 is 19.4 Å². The highest BCUT2D eigenvalue weighted by Gasteiger charge is 2.34. The van der Waals surface area contributed by atoms with Crippen LogP contribution < -0.4 is 9.80 Å². The molecule has 0 N–H and O–H groups in total. The second-order valence-electron chi connectivity index (χ2n) is 11.3. The van der Waals surface area contributed by atoms with Crippen LogP contribution in [0.3, 0.4) is 0 Å². The summed E-state index contributed by atoms with van der Waals surface area (Å²) in [6.07, 6.45) is 5.51. The molecule has 4 aliphatic rings. The lowest BCUT2D eigenvalue weighted by Gasteiger charge is -2.40. The molecule has 0 atom stereocenters. The molecule has 4 heterocycles. The first-order chi connectivity index (χ1) is 18.6. The van der Waals surface area contributed by atoms with E-state index in [0.717, 1.165) is 75.9 Å². The molecule has 0 spiro atoms. The van der Waals surface area contributed by atoms with Gasteiger partial charge in [0, 0.05) is 50.6 Å². The lowest BCUT2D eigenvalue weighted by Crippen LogP contribution is -2.53. The first-order valence-corrected chi connectivity index (χ1v) is 14.0. The number of carbonyl (C=O) groups excluding carboxylic acids is 1. The van der Waals surface area contributed by atoms with Crippen LogP contribution in [0.2, 0.25) is 0 Å². The number of anilines is 2. The molecule has 1 aromatic carbocycles. The summed E-state index contributed by atoms with van der Waals surface area (Å²) < 4.78 is 7.68. The van der Waals surface area contributed by atoms with Gasteiger partial charge in [-0.3, -0.25) is 4.68 Å². The van der Waals surface area contributed by atoms with Crippen LogP contribution in [0, 0.1) is 5.92 Å². The molecule has 3 aromatic rings. The number of carbonyl (C=O) groups is 1. The predicted molar refractivity (Wildman–Crippen MR) is 144 cm³/mol. The average molecular weight is 514 g/mol. The van der Waals surface area contributed by atoms with Crippen molar-refractivity contribution in [2.45, 2.75) is 57.7 Å². The summed E-state index contributed by atoms with van der Waals surface area (Å²) >= 11 is 0. The molecule has 2 aliphatic heterocycles. The number of amides is 1. The van der Waals surface area contributed by atoms with E-state index in [0.29, 0.717) is 18.4 Å². The molecule has 0 radical (unpaired) electrons. The average Bonchev–Trinajstić information content (AvgIpc) is 3.50. The normalized spacial score (nSPS) is 18.7. The van der Waals surface area contributed by atoms with Gasteiger partial charge in [-0.15, -0.1) is 0 Å². The third kappa shape index (κ3) is 4.59. The maximum absolute atomic E-state index is 12.5. The van der Waals surface area contributed by atoms with Gasteiger partial charge in [-0.05, 0) is 43.7 Å². The van der Waals surface area contributed by atoms with Crippen molar-refractivity contribution in [3.8, 4) is 0 Å². The molecule has 1 amide bonds. The zero-order valence-electron chi connectivity index (χ0n) is 22.1. The number of fused-ring (bicyclic) bond motifs is 2. The van der Waals surface area contributed by atoms with Crippen molar-refractivity contribution in [2.75, 3.05) is 43.0 Å². The Morgan fingerprint density at radius 1 is 1.11 bits per heavy atom. The Morgan fingerprint density at radius 3 is 2.76 bits per heavy atom. The first-order valence-electron chi connectivity index (χ1n) is 14.0. The third-order valence-corrected chi connectivity index (χ3v) is 8.31. The molecule has 1 saturated carbocycles. The maximum Gasteiger partial charge on any atom is 0.410 e. The van der Waals surface area contributed by atoms with Crippen molar-refractivity contribution in [2.24, 2.45) is 5.92 Å². The van der Waals surface area contributed by atoms with E-state index in [-0.39, 0.29) is 6.09 Å². The molecule has 2 aromatic heterocycles. The number of rotatable bonds is 7. The van der Waals surface area contributed by atoms with E-state index in [2.05, 4.69) is 27.6 Å². The molecule has 0 bridgehead atoms. The summed E-state index contributed by atoms with van der Waals surface area (Å²) in [6, 6.07) is 12.1. The highest BCUT2D eigenvalue weighted by atomic mass is 16.6. The van der Waals surface area contributed by atoms with Crippen LogP contribution in [0.4, 0.5) is 16.6 Å². The Kier molecular flexibility index (Phi) is 5.93. The number of aryl methyl sites for hydroxylation is 1. The Labute approximate surface area is 223 Å². The van der Waals surface area contributed by atoms with E-state index < -0.39 is 0 Å². The molecule has 9 nitrogen and oxygen atoms in total. The van der Waals surface area contributed by atoms with Crippen LogP contribution in [-0.4, -0.2) is 64.0 Å². The molecular formula is C29H35N7O2. The van der Waals surface area contributed by atoms with E-state index in [1.807, 2.05) is 30.3 Å². The zero-order valence-corrected chi connectivity index (χ0v) is 22.1. The van der Waals surface area contributed by atoms with Crippen LogP contribution in [-0.2, 0) is 37.3 Å². The maximum atomic E-state index is 12.5. The number of hydrogen-bond acceptors (Lipinski definition) is 7. The summed E-state index contributed by atoms with van der Waals surface area (Å²) in [7, 11) is 2.13. The van der Waals surface area contributed by atoms with Crippen LogP contribution >= 0.6 is 0 Å². The van der Waals surface area contributed by atoms with Crippen molar-refractivity contribution >= 4 is 17.9 Å². The van der Waals surface area contributed by atoms with Gasteiger partial charge in [-0.1, -0.05) is 30.3 Å². The number of likely N-dealkylation sites (tertiary alicyclic amines) is 1. The van der Waals surface area contributed by atoms with Crippen LogP contribution in [0.15, 0.2) is 36.4 Å². The van der Waals surface area contributed by atoms with Gasteiger partial charge in [0.05, 0.1) is 30.2 Å². The number of ether oxygens (including phenoxy) is 1. The van der Waals surface area contributed by atoms with E-state index >= 15 is 0 Å². The Morgan fingerprint density at radius 2 is 1.95 bits per heavy atom. The fourth-order valence-electron chi connectivity index (χ4n) is 6.01. The SMILES string of the molecule is CN(CC1CN(C(=O)OCc2ccccc2)C1)c1nc(N2CCn3nc(C4CC4)cc3C2)nc2c1CCC2. The standard InChI is InChI=1S/C29H35N7O2/c1-33(15-21-16-35(17-21)29(37)38-19-20-6-3-2-4-7-20)27-24-8-5-9-25(24)30-28(31-27)34-12-13-36-23(18-34)14-26(32-36)22-10-11-22/h2-4,6-7,14,21-22H,5,8-13,15-19H2,1H3. The van der Waals surface area contributed by atoms with E-state index in [1.54, 1.807) is 4.90 Å². The van der Waals surface area contributed by atoms with Gasteiger partial charge in [-0.2, -0.15) is 10.1 Å². The van der Waals surface area contributed by atoms with Crippen LogP contribution in [0.5, 0.6) is 0 Å². The molecule has 9 heteroatoms. The van der Waals surface area contributed by atoms with Crippen LogP contribution in [0.25, 0.3) is 0 Å². The largest absolute Gasteiger partial charge is 0.445 e. The molecule has 2 fully saturated rings. The summed E-state index contributed by atoms with van der Waals surface area (Å²) in [5.41, 5.74) is 6.04. The van der Waals surface area contributed by atoms with Gasteiger partial charge in [0.1, 0.15) is 12.4 Å². The summed E-state index contributed by atoms with van der Waals surface area (Å²) in [6.45, 7) is 5.19. The van der Waals surface area contributed by atoms with Gasteiger partial charge in [0.25, 0.3) is 0 Å². The Hall–Kier alpha value is -3.62. The molecule has 2 aliphatic carbocycles. The first kappa shape index (κ1) is 23.5. The smallest absolute Gasteiger partial charge is 0.410 e. The van der Waals surface area contributed by atoms with Crippen molar-refractivity contribution in [3.63, 3.8) is 0 Å². The quantitative estimate of drug-likeness (QED) is 0.476. The minimum atomic E-state index is -0.229. The number of benzene rings is 1. The van der Waals surface area contributed by atoms with Crippen LogP contribution in [0.1, 0.15) is 53.4 Å². The zero-order chi connectivity index (χ0) is 25.6. The molecule has 0 unspecified atom stereocenters. The highest BCUT2D eigenvalue weighted by Crippen LogP contribution is 2.40. The van der Waals surface area contributed by atoms with Gasteiger partial charge in [-0.25, -0.2) is 9.78 Å². The van der Waals surface area contributed by atoms with E-state index in [1.165, 1.54) is 35.5 Å². The Balaban J connectivity index is 0.994. The Bertz CT molecular complexity index is 1330. The summed E-state index contributed by atoms with van der Waals surface area (Å²) in [5.74, 6) is 2.98. The van der Waals surface area contributed by atoms with Crippen molar-refractivity contribution in [3.05, 3.63) is 64.6 Å². The van der Waals surface area contributed by atoms with Crippen molar-refractivity contribution in [1.29, 1.82) is 0 Å². The molecule has 7 rings (SSSR count). The fraction of sp³-hybridized carbons (Fsp3) is 0.517. The highest BCUT2D eigenvalue weighted by molar-refractivity contribution is 5.68. The van der Waals surface area contributed by atoms with E-state index in [4.69, 9.17) is 19.8 Å². The number of nitrogens with zero attached hydrogens (tertiary/aromatic N) is 7. The minimum absolute atomic E-state index is 0.229. The fourth-order valence-corrected chi connectivity index (χ4v) is 6.01. The summed E-state index contributed by atoms with van der Waals surface area (Å²) in [4.78, 5) is 29.0. The molecule has 38 heavy (non-hydrogen) atoms. The van der Waals surface area contributed by atoms with Gasteiger partial charge >= 0.3 is 6.09 Å². The topological polar surface area (TPSA) is 79.6 Å². The number of hydrogen-bond donors (Lipinski definition) is 0. The molecular weight excluding hydrogens is 478 g/mol. The van der Waals surface area contributed by atoms with E-state index in [9.17, 15) is 4.79 Å². The lowest BCUT2D eigenvalue weighted by molar-refractivity contribution is 0.0515. The lowest BCUT2D eigenvalue weighted by atomic mass is 10.00. The van der Waals surface area contributed by atoms with Gasteiger partial charge in [0.2, 0.25) is 5.95 Å². The second-order valence-corrected chi connectivity index (χ2v) is 11.3.